The molecule has 0 spiro atoms. The zero-order valence-electron chi connectivity index (χ0n) is 16.0. The molecule has 1 aromatic carbocycles. The number of benzene rings is 1. The maximum atomic E-state index is 12.3. The third-order valence-electron chi connectivity index (χ3n) is 4.98. The van der Waals surface area contributed by atoms with Crippen molar-refractivity contribution < 1.29 is 19.4 Å². The van der Waals surface area contributed by atoms with Crippen LogP contribution in [0.3, 0.4) is 0 Å². The van der Waals surface area contributed by atoms with Gasteiger partial charge in [-0.15, -0.1) is 0 Å². The number of aliphatic hydroxyl groups excluding tert-OH is 1. The number of carbonyl (C=O) groups excluding carboxylic acids is 1. The zero-order valence-corrected chi connectivity index (χ0v) is 16.0. The van der Waals surface area contributed by atoms with Gasteiger partial charge in [0, 0.05) is 24.1 Å². The first-order valence-electron chi connectivity index (χ1n) is 9.43. The molecule has 6 N–H and O–H groups in total. The number of carbonyl (C=O) groups is 1. The van der Waals surface area contributed by atoms with Crippen molar-refractivity contribution in [3.05, 3.63) is 52.8 Å². The number of nitrogen functional groups attached to an aromatic ring is 1. The number of nitrogens with zero attached hydrogens (tertiary/aromatic N) is 3. The number of fused-ring (bicyclic) bond motifs is 1. The van der Waals surface area contributed by atoms with Crippen LogP contribution >= 0.6 is 0 Å². The Morgan fingerprint density at radius 3 is 3.00 bits per heavy atom. The van der Waals surface area contributed by atoms with Gasteiger partial charge in [-0.1, -0.05) is 18.2 Å². The van der Waals surface area contributed by atoms with Crippen molar-refractivity contribution in [2.24, 2.45) is 5.73 Å². The summed E-state index contributed by atoms with van der Waals surface area (Å²) < 4.78 is 12.0. The Balaban J connectivity index is 1.32. The molecule has 0 saturated carbocycles. The smallest absolute Gasteiger partial charge is 0.354 e. The number of anilines is 1. The van der Waals surface area contributed by atoms with Crippen LogP contribution in [0, 0.1) is 0 Å². The molecule has 1 fully saturated rings. The summed E-state index contributed by atoms with van der Waals surface area (Å²) in [6.07, 6.45) is -0.913. The molecule has 2 aromatic heterocycles. The number of aromatic nitrogens is 4. The van der Waals surface area contributed by atoms with Crippen LogP contribution in [0.25, 0.3) is 10.9 Å². The first-order chi connectivity index (χ1) is 14.4. The molecule has 0 radical (unpaired) electrons. The fourth-order valence-corrected chi connectivity index (χ4v) is 3.42. The molecule has 4 rings (SSSR count). The molecule has 0 amide bonds. The summed E-state index contributed by atoms with van der Waals surface area (Å²) in [4.78, 5) is 34.7. The van der Waals surface area contributed by atoms with Gasteiger partial charge < -0.3 is 31.0 Å². The van der Waals surface area contributed by atoms with Crippen molar-refractivity contribution in [1.82, 2.24) is 19.5 Å². The Morgan fingerprint density at radius 1 is 1.43 bits per heavy atom. The summed E-state index contributed by atoms with van der Waals surface area (Å²) in [5.74, 6) is -0.759. The number of nitrogens with two attached hydrogens (primary N) is 2. The second-order valence-corrected chi connectivity index (χ2v) is 7.16. The Bertz CT molecular complexity index is 1080. The summed E-state index contributed by atoms with van der Waals surface area (Å²) in [7, 11) is 0. The van der Waals surface area contributed by atoms with Gasteiger partial charge in [-0.3, -0.25) is 9.36 Å². The van der Waals surface area contributed by atoms with E-state index in [2.05, 4.69) is 15.0 Å². The Labute approximate surface area is 170 Å². The Morgan fingerprint density at radius 2 is 2.23 bits per heavy atom. The van der Waals surface area contributed by atoms with E-state index in [1.807, 2.05) is 30.3 Å². The van der Waals surface area contributed by atoms with Gasteiger partial charge in [0.05, 0.1) is 6.10 Å². The number of hydrogen-bond acceptors (Lipinski definition) is 9. The van der Waals surface area contributed by atoms with E-state index in [9.17, 15) is 14.7 Å². The van der Waals surface area contributed by atoms with E-state index in [-0.39, 0.29) is 25.4 Å². The lowest BCUT2D eigenvalue weighted by molar-refractivity contribution is -0.151. The molecular weight excluding hydrogens is 392 g/mol. The predicted octanol–water partition coefficient (Wildman–Crippen LogP) is -0.537. The standard InChI is InChI=1S/C19H22N6O5/c20-12(6-11-5-10-3-1-2-4-13(10)23-11)17(27)29-8-15-14(26)7-16(30-15)25-9-22-18(21)24-19(25)28/h1-5,9,12,14-16,23,26H,6-8,20H2,(H2,21,24,28)/t12-,14-,15+,16+/m0/s1. The van der Waals surface area contributed by atoms with Crippen molar-refractivity contribution in [1.29, 1.82) is 0 Å². The number of nitrogens with one attached hydrogen (secondary N) is 1. The minimum atomic E-state index is -0.933. The Kier molecular flexibility index (Phi) is 5.48. The molecular formula is C19H22N6O5. The van der Waals surface area contributed by atoms with Crippen molar-refractivity contribution in [2.45, 2.75) is 37.3 Å². The fraction of sp³-hybridized carbons (Fsp3) is 0.368. The second kappa shape index (κ2) is 8.22. The molecule has 158 valence electrons. The summed E-state index contributed by atoms with van der Waals surface area (Å²) >= 11 is 0. The van der Waals surface area contributed by atoms with Crippen LogP contribution in [0.1, 0.15) is 18.3 Å². The van der Waals surface area contributed by atoms with Crippen molar-refractivity contribution >= 4 is 22.8 Å². The van der Waals surface area contributed by atoms with E-state index in [0.29, 0.717) is 0 Å². The van der Waals surface area contributed by atoms with Gasteiger partial charge in [0.2, 0.25) is 5.95 Å². The highest BCUT2D eigenvalue weighted by atomic mass is 16.6. The van der Waals surface area contributed by atoms with E-state index in [1.165, 1.54) is 6.33 Å². The van der Waals surface area contributed by atoms with Gasteiger partial charge in [0.1, 0.15) is 31.3 Å². The lowest BCUT2D eigenvalue weighted by Crippen LogP contribution is -2.37. The van der Waals surface area contributed by atoms with Crippen molar-refractivity contribution in [3.8, 4) is 0 Å². The molecule has 1 aliphatic heterocycles. The van der Waals surface area contributed by atoms with Crippen LogP contribution in [0.15, 0.2) is 41.5 Å². The molecule has 11 heteroatoms. The SMILES string of the molecule is Nc1ncn([C@H]2C[C@H](O)[C@@H](COC(=O)[C@@H](N)Cc3cc4ccccc4[nH]3)O2)c(=O)n1. The monoisotopic (exact) mass is 414 g/mol. The predicted molar refractivity (Wildman–Crippen MR) is 106 cm³/mol. The number of H-pyrrole nitrogens is 1. The molecule has 0 aliphatic carbocycles. The maximum absolute atomic E-state index is 12.3. The number of para-hydroxylation sites is 1. The molecule has 3 aromatic rings. The van der Waals surface area contributed by atoms with Crippen LogP contribution < -0.4 is 17.2 Å². The van der Waals surface area contributed by atoms with Gasteiger partial charge in [-0.05, 0) is 17.5 Å². The number of aliphatic hydroxyl groups is 1. The second-order valence-electron chi connectivity index (χ2n) is 7.16. The molecule has 0 unspecified atom stereocenters. The average Bonchev–Trinajstić information content (AvgIpc) is 3.28. The van der Waals surface area contributed by atoms with Crippen molar-refractivity contribution in [3.63, 3.8) is 0 Å². The van der Waals surface area contributed by atoms with E-state index >= 15 is 0 Å². The summed E-state index contributed by atoms with van der Waals surface area (Å²) in [5.41, 5.74) is 12.5. The third kappa shape index (κ3) is 4.17. The van der Waals surface area contributed by atoms with E-state index < -0.39 is 36.1 Å². The van der Waals surface area contributed by atoms with Crippen LogP contribution in [0.4, 0.5) is 5.95 Å². The van der Waals surface area contributed by atoms with Gasteiger partial charge in [-0.2, -0.15) is 4.98 Å². The van der Waals surface area contributed by atoms with Crippen LogP contribution in [0.5, 0.6) is 0 Å². The lowest BCUT2D eigenvalue weighted by Gasteiger charge is -2.17. The molecule has 1 aliphatic rings. The molecule has 4 atom stereocenters. The van der Waals surface area contributed by atoms with Gasteiger partial charge in [-0.25, -0.2) is 9.78 Å². The lowest BCUT2D eigenvalue weighted by atomic mass is 10.1. The normalized spacial score (nSPS) is 22.3. The zero-order chi connectivity index (χ0) is 21.3. The van der Waals surface area contributed by atoms with Gasteiger partial charge in [0.25, 0.3) is 0 Å². The number of hydrogen-bond donors (Lipinski definition) is 4. The molecule has 1 saturated heterocycles. The van der Waals surface area contributed by atoms with E-state index in [0.717, 1.165) is 21.2 Å². The topological polar surface area (TPSA) is 171 Å². The summed E-state index contributed by atoms with van der Waals surface area (Å²) in [6.45, 7) is -0.193. The maximum Gasteiger partial charge on any atom is 0.354 e. The van der Waals surface area contributed by atoms with Gasteiger partial charge in [0.15, 0.2) is 0 Å². The fourth-order valence-electron chi connectivity index (χ4n) is 3.42. The average molecular weight is 414 g/mol. The number of aromatic amines is 1. The highest BCUT2D eigenvalue weighted by molar-refractivity contribution is 5.81. The number of ether oxygens (including phenoxy) is 2. The largest absolute Gasteiger partial charge is 0.462 e. The highest BCUT2D eigenvalue weighted by Gasteiger charge is 2.36. The van der Waals surface area contributed by atoms with Crippen LogP contribution in [0.2, 0.25) is 0 Å². The van der Waals surface area contributed by atoms with E-state index in [4.69, 9.17) is 20.9 Å². The van der Waals surface area contributed by atoms with Crippen molar-refractivity contribution in [2.75, 3.05) is 12.3 Å². The molecule has 11 nitrogen and oxygen atoms in total. The molecule has 30 heavy (non-hydrogen) atoms. The minimum absolute atomic E-state index is 0.122. The first kappa shape index (κ1) is 20.0. The third-order valence-corrected chi connectivity index (χ3v) is 4.98. The quantitative estimate of drug-likeness (QED) is 0.387. The van der Waals surface area contributed by atoms with Crippen LogP contribution in [-0.4, -0.2) is 55.5 Å². The van der Waals surface area contributed by atoms with Gasteiger partial charge >= 0.3 is 11.7 Å². The molecule has 0 bridgehead atoms. The summed E-state index contributed by atoms with van der Waals surface area (Å²) in [5, 5.41) is 11.2. The van der Waals surface area contributed by atoms with Crippen LogP contribution in [-0.2, 0) is 20.7 Å². The Hall–Kier alpha value is -3.28. The number of rotatable bonds is 6. The minimum Gasteiger partial charge on any atom is -0.462 e. The number of esters is 1. The highest BCUT2D eigenvalue weighted by Crippen LogP contribution is 2.27. The summed E-state index contributed by atoms with van der Waals surface area (Å²) in [6, 6.07) is 8.81. The first-order valence-corrected chi connectivity index (χ1v) is 9.43. The molecule has 3 heterocycles. The van der Waals surface area contributed by atoms with E-state index in [1.54, 1.807) is 0 Å².